The van der Waals surface area contributed by atoms with Gasteiger partial charge in [-0.05, 0) is 30.7 Å². The predicted octanol–water partition coefficient (Wildman–Crippen LogP) is 1.10. The number of nitrogens with zero attached hydrogens (tertiary/aromatic N) is 2. The van der Waals surface area contributed by atoms with Gasteiger partial charge in [0.15, 0.2) is 5.22 Å². The summed E-state index contributed by atoms with van der Waals surface area (Å²) in [4.78, 5) is 13.9. The number of fused-ring (bicyclic) bond motifs is 1. The first kappa shape index (κ1) is 16.8. The molecular formula is C14H19ClN2O5S. The van der Waals surface area contributed by atoms with E-state index in [2.05, 4.69) is 0 Å². The smallest absolute Gasteiger partial charge is 0.312 e. The molecule has 23 heavy (non-hydrogen) atoms. The first-order valence-corrected chi connectivity index (χ1v) is 9.43. The largest absolute Gasteiger partial charge is 0.481 e. The topological polar surface area (TPSA) is 91.1 Å². The van der Waals surface area contributed by atoms with Gasteiger partial charge in [-0.2, -0.15) is 0 Å². The van der Waals surface area contributed by atoms with E-state index in [4.69, 9.17) is 16.0 Å². The minimum absolute atomic E-state index is 0.00989. The predicted molar refractivity (Wildman–Crippen MR) is 83.6 cm³/mol. The van der Waals surface area contributed by atoms with Crippen molar-refractivity contribution in [3.05, 3.63) is 23.1 Å². The van der Waals surface area contributed by atoms with E-state index in [9.17, 15) is 18.3 Å². The minimum Gasteiger partial charge on any atom is -0.481 e. The van der Waals surface area contributed by atoms with Crippen molar-refractivity contribution in [3.8, 4) is 0 Å². The molecule has 7 nitrogen and oxygen atoms in total. The average Bonchev–Trinajstić information content (AvgIpc) is 3.12. The van der Waals surface area contributed by atoms with Gasteiger partial charge >= 0.3 is 5.97 Å². The maximum Gasteiger partial charge on any atom is 0.312 e. The standard InChI is InChI=1S/C14H19ClN2O5S/c1-2-23(20,21)17-6-10-5-16(7-11-3-4-12(15)22-11)8-14(10,9-17)13(18)19/h3-4,10H,2,5-9H2,1H3,(H,18,19)/t10-,14-/m0/s1. The normalized spacial score (nSPS) is 29.0. The molecule has 128 valence electrons. The van der Waals surface area contributed by atoms with E-state index < -0.39 is 21.4 Å². The van der Waals surface area contributed by atoms with Crippen LogP contribution in [0.1, 0.15) is 12.7 Å². The Hall–Kier alpha value is -1.09. The number of hydrogen-bond donors (Lipinski definition) is 1. The van der Waals surface area contributed by atoms with Crippen LogP contribution in [-0.4, -0.2) is 60.6 Å². The molecule has 0 amide bonds. The van der Waals surface area contributed by atoms with E-state index in [1.807, 2.05) is 4.90 Å². The highest BCUT2D eigenvalue weighted by Gasteiger charge is 2.59. The van der Waals surface area contributed by atoms with Crippen LogP contribution in [0, 0.1) is 11.3 Å². The number of rotatable bonds is 5. The van der Waals surface area contributed by atoms with Crippen molar-refractivity contribution < 1.29 is 22.7 Å². The average molecular weight is 363 g/mol. The molecule has 1 aromatic rings. The van der Waals surface area contributed by atoms with Crippen LogP contribution >= 0.6 is 11.6 Å². The molecule has 3 heterocycles. The maximum absolute atomic E-state index is 12.1. The molecule has 0 radical (unpaired) electrons. The third-order valence-electron chi connectivity index (χ3n) is 4.84. The Morgan fingerprint density at radius 3 is 2.70 bits per heavy atom. The van der Waals surface area contributed by atoms with E-state index >= 15 is 0 Å². The summed E-state index contributed by atoms with van der Waals surface area (Å²) in [6, 6.07) is 3.41. The summed E-state index contributed by atoms with van der Waals surface area (Å²) in [5.41, 5.74) is -1.04. The summed E-state index contributed by atoms with van der Waals surface area (Å²) >= 11 is 5.75. The molecule has 2 fully saturated rings. The Kier molecular flexibility index (Phi) is 4.20. The molecule has 9 heteroatoms. The molecule has 0 unspecified atom stereocenters. The molecule has 3 rings (SSSR count). The first-order chi connectivity index (χ1) is 10.8. The van der Waals surface area contributed by atoms with Crippen molar-refractivity contribution in [3.63, 3.8) is 0 Å². The molecule has 2 atom stereocenters. The van der Waals surface area contributed by atoms with Gasteiger partial charge in [0.05, 0.1) is 17.7 Å². The van der Waals surface area contributed by atoms with E-state index in [0.29, 0.717) is 30.6 Å². The highest BCUT2D eigenvalue weighted by atomic mass is 35.5. The zero-order valence-corrected chi connectivity index (χ0v) is 14.3. The Labute approximate surface area is 139 Å². The molecule has 0 saturated carbocycles. The van der Waals surface area contributed by atoms with Gasteiger partial charge in [0.2, 0.25) is 10.0 Å². The molecule has 0 aromatic carbocycles. The zero-order chi connectivity index (χ0) is 16.8. The first-order valence-electron chi connectivity index (χ1n) is 7.44. The number of furan rings is 1. The Morgan fingerprint density at radius 2 is 2.17 bits per heavy atom. The number of sulfonamides is 1. The highest BCUT2D eigenvalue weighted by Crippen LogP contribution is 2.44. The fourth-order valence-corrected chi connectivity index (χ4v) is 4.96. The second-order valence-corrected chi connectivity index (χ2v) is 8.86. The lowest BCUT2D eigenvalue weighted by Gasteiger charge is -2.24. The molecule has 0 spiro atoms. The van der Waals surface area contributed by atoms with Crippen molar-refractivity contribution in [1.29, 1.82) is 0 Å². The van der Waals surface area contributed by atoms with Crippen LogP contribution in [0.5, 0.6) is 0 Å². The summed E-state index contributed by atoms with van der Waals surface area (Å²) in [5.74, 6) is -0.485. The maximum atomic E-state index is 12.1. The summed E-state index contributed by atoms with van der Waals surface area (Å²) in [6.07, 6.45) is 0. The third kappa shape index (κ3) is 2.88. The van der Waals surface area contributed by atoms with Gasteiger partial charge in [-0.1, -0.05) is 0 Å². The summed E-state index contributed by atoms with van der Waals surface area (Å²) in [6.45, 7) is 3.18. The van der Waals surface area contributed by atoms with Crippen LogP contribution in [-0.2, 0) is 21.4 Å². The molecule has 2 aliphatic heterocycles. The molecule has 1 N–H and O–H groups in total. The number of aliphatic carboxylic acids is 1. The van der Waals surface area contributed by atoms with Gasteiger partial charge in [-0.3, -0.25) is 9.69 Å². The van der Waals surface area contributed by atoms with Crippen LogP contribution in [0.3, 0.4) is 0 Å². The van der Waals surface area contributed by atoms with Gasteiger partial charge in [0.1, 0.15) is 5.76 Å². The molecule has 2 saturated heterocycles. The Bertz CT molecular complexity index is 719. The highest BCUT2D eigenvalue weighted by molar-refractivity contribution is 7.89. The summed E-state index contributed by atoms with van der Waals surface area (Å²) in [7, 11) is -3.37. The second-order valence-electron chi connectivity index (χ2n) is 6.23. The monoisotopic (exact) mass is 362 g/mol. The Balaban J connectivity index is 1.77. The minimum atomic E-state index is -3.37. The molecule has 0 bridgehead atoms. The third-order valence-corrected chi connectivity index (χ3v) is 6.84. The number of halogens is 1. The van der Waals surface area contributed by atoms with Gasteiger partial charge in [0.25, 0.3) is 0 Å². The van der Waals surface area contributed by atoms with Crippen molar-refractivity contribution in [2.24, 2.45) is 11.3 Å². The van der Waals surface area contributed by atoms with E-state index in [0.717, 1.165) is 0 Å². The van der Waals surface area contributed by atoms with Gasteiger partial charge < -0.3 is 9.52 Å². The summed E-state index contributed by atoms with van der Waals surface area (Å²) in [5, 5.41) is 10.0. The fraction of sp³-hybridized carbons (Fsp3) is 0.643. The van der Waals surface area contributed by atoms with E-state index in [1.165, 1.54) is 4.31 Å². The van der Waals surface area contributed by atoms with Crippen LogP contribution in [0.2, 0.25) is 5.22 Å². The van der Waals surface area contributed by atoms with Crippen molar-refractivity contribution in [2.45, 2.75) is 13.5 Å². The van der Waals surface area contributed by atoms with Crippen LogP contribution in [0.15, 0.2) is 16.5 Å². The number of likely N-dealkylation sites (tertiary alicyclic amines) is 1. The molecule has 0 aliphatic carbocycles. The summed E-state index contributed by atoms with van der Waals surface area (Å²) < 4.78 is 30.8. The quantitative estimate of drug-likeness (QED) is 0.843. The lowest BCUT2D eigenvalue weighted by molar-refractivity contribution is -0.148. The van der Waals surface area contributed by atoms with Crippen molar-refractivity contribution in [1.82, 2.24) is 9.21 Å². The lowest BCUT2D eigenvalue weighted by Crippen LogP contribution is -2.42. The Morgan fingerprint density at radius 1 is 1.43 bits per heavy atom. The number of carboxylic acids is 1. The van der Waals surface area contributed by atoms with E-state index in [-0.39, 0.29) is 24.8 Å². The SMILES string of the molecule is CCS(=O)(=O)N1C[C@@H]2CN(Cc3ccc(Cl)o3)C[C@]2(C(=O)O)C1. The van der Waals surface area contributed by atoms with Crippen LogP contribution in [0.4, 0.5) is 0 Å². The number of hydrogen-bond acceptors (Lipinski definition) is 5. The number of carbonyl (C=O) groups is 1. The van der Waals surface area contributed by atoms with Gasteiger partial charge in [-0.15, -0.1) is 0 Å². The second kappa shape index (κ2) is 5.77. The zero-order valence-electron chi connectivity index (χ0n) is 12.7. The van der Waals surface area contributed by atoms with Gasteiger partial charge in [-0.25, -0.2) is 12.7 Å². The van der Waals surface area contributed by atoms with Crippen LogP contribution < -0.4 is 0 Å². The molecular weight excluding hydrogens is 344 g/mol. The molecule has 1 aromatic heterocycles. The van der Waals surface area contributed by atoms with Gasteiger partial charge in [0, 0.05) is 32.1 Å². The molecule has 2 aliphatic rings. The van der Waals surface area contributed by atoms with Crippen LogP contribution in [0.25, 0.3) is 0 Å². The van der Waals surface area contributed by atoms with E-state index in [1.54, 1.807) is 19.1 Å². The fourth-order valence-electron chi connectivity index (χ4n) is 3.60. The van der Waals surface area contributed by atoms with Crippen molar-refractivity contribution >= 4 is 27.6 Å². The van der Waals surface area contributed by atoms with Crippen molar-refractivity contribution in [2.75, 3.05) is 31.9 Å². The number of carboxylic acid groups (broad SMARTS) is 1. The lowest BCUT2D eigenvalue weighted by atomic mass is 9.81.